The summed E-state index contributed by atoms with van der Waals surface area (Å²) in [6.45, 7) is 46.2. The van der Waals surface area contributed by atoms with Gasteiger partial charge in [-0.05, 0) is 0 Å². The van der Waals surface area contributed by atoms with Crippen LogP contribution in [-0.4, -0.2) is 8.07 Å². The molecule has 312 valence electrons. The molecule has 5 heteroatoms. The molecule has 1 saturated carbocycles. The van der Waals surface area contributed by atoms with Gasteiger partial charge in [-0.2, -0.15) is 0 Å². The van der Waals surface area contributed by atoms with Crippen molar-refractivity contribution in [1.29, 1.82) is 0 Å². The number of fused-ring (bicyclic) bond motifs is 1. The van der Waals surface area contributed by atoms with Crippen LogP contribution in [0.15, 0.2) is 78.4 Å². The third kappa shape index (κ3) is 9.86. The molecule has 0 heterocycles. The van der Waals surface area contributed by atoms with Gasteiger partial charge in [-0.1, -0.05) is 0 Å². The van der Waals surface area contributed by atoms with Crippen LogP contribution in [0.1, 0.15) is 178 Å². The number of halogens is 3. The van der Waals surface area contributed by atoms with E-state index >= 15 is 0 Å². The standard InChI is InChI=1S/C52H75Si.3ClH.Ti/c1-34-24-35-22-20-21-23-45(35)46(34)53(42-28-36(47(2,3)4)25-37(29-42)48(5,6)7,43-30-38(49(8,9)10)26-39(31-43)50(11,12)13)44-32-40(51(14,15)16)27-41(33-44)52(17,18)19;;;;/h20-21,23,25-35H,22,24H2,1-19H3;3*1H;/q;;;;+3/p-3. The maximum atomic E-state index is 2.75. The molecule has 5 rings (SSSR count). The second-order valence-corrected chi connectivity index (χ2v) is 29.6. The first-order chi connectivity index (χ1) is 24.3. The van der Waals surface area contributed by atoms with Gasteiger partial charge in [0.25, 0.3) is 0 Å². The van der Waals surface area contributed by atoms with Gasteiger partial charge < -0.3 is 37.2 Å². The minimum atomic E-state index is -3.05. The van der Waals surface area contributed by atoms with E-state index in [1.54, 1.807) is 21.1 Å². The van der Waals surface area contributed by atoms with Crippen molar-refractivity contribution in [3.8, 4) is 0 Å². The summed E-state index contributed by atoms with van der Waals surface area (Å²) < 4.78 is -0.0780. The zero-order valence-corrected chi connectivity index (χ0v) is 44.0. The van der Waals surface area contributed by atoms with Crippen molar-refractivity contribution in [3.63, 3.8) is 0 Å². The fraction of sp³-hybridized carbons (Fsp3) is 0.577. The SMILES string of the molecule is CC1CC2CC=CC=C2[C]1([Ti+3])[Si](c1cc(C(C)(C)C)cc(C(C)(C)C)c1)(c1cc(C(C)(C)C)cc(C(C)(C)C)c1)c1cc(C(C)(C)C)cc(C(C)(C)C)c1.[Cl-].[Cl-].[Cl-]. The van der Waals surface area contributed by atoms with Crippen LogP contribution >= 0.6 is 0 Å². The van der Waals surface area contributed by atoms with Crippen LogP contribution in [-0.2, 0) is 52.9 Å². The van der Waals surface area contributed by atoms with E-state index in [-0.39, 0.29) is 73.1 Å². The molecule has 2 aliphatic rings. The second kappa shape index (κ2) is 17.0. The number of allylic oxidation sites excluding steroid dienone is 4. The van der Waals surface area contributed by atoms with Gasteiger partial charge in [-0.15, -0.1) is 0 Å². The Morgan fingerprint density at radius 3 is 0.982 bits per heavy atom. The van der Waals surface area contributed by atoms with Gasteiger partial charge in [0.2, 0.25) is 0 Å². The van der Waals surface area contributed by atoms with Gasteiger partial charge in [-0.25, -0.2) is 0 Å². The van der Waals surface area contributed by atoms with E-state index in [9.17, 15) is 0 Å². The summed E-state index contributed by atoms with van der Waals surface area (Å²) >= 11 is 2.75. The van der Waals surface area contributed by atoms with Crippen LogP contribution in [0.25, 0.3) is 0 Å². The van der Waals surface area contributed by atoms with Crippen molar-refractivity contribution in [2.45, 2.75) is 180 Å². The number of hydrogen-bond donors (Lipinski definition) is 0. The van der Waals surface area contributed by atoms with Gasteiger partial charge >= 0.3 is 348 Å². The molecule has 0 N–H and O–H groups in total. The predicted molar refractivity (Wildman–Crippen MR) is 238 cm³/mol. The molecule has 0 spiro atoms. The van der Waals surface area contributed by atoms with E-state index < -0.39 is 8.07 Å². The predicted octanol–water partition coefficient (Wildman–Crippen LogP) is 3.74. The Bertz CT molecular complexity index is 1680. The Balaban J connectivity index is 0.00000374. The fourth-order valence-electron chi connectivity index (χ4n) is 9.14. The van der Waals surface area contributed by atoms with Gasteiger partial charge in [0.1, 0.15) is 0 Å². The Morgan fingerprint density at radius 2 is 0.737 bits per heavy atom. The summed E-state index contributed by atoms with van der Waals surface area (Å²) in [6.07, 6.45) is 9.79. The maximum absolute atomic E-state index is 3.05. The van der Waals surface area contributed by atoms with Gasteiger partial charge in [-0.3, -0.25) is 0 Å². The zero-order valence-electron chi connectivity index (χ0n) is 39.1. The van der Waals surface area contributed by atoms with Crippen molar-refractivity contribution in [1.82, 2.24) is 0 Å². The Morgan fingerprint density at radius 1 is 0.474 bits per heavy atom. The molecule has 57 heavy (non-hydrogen) atoms. The van der Waals surface area contributed by atoms with E-state index in [4.69, 9.17) is 0 Å². The number of hydrogen-bond acceptors (Lipinski definition) is 0. The average molecular weight is 882 g/mol. The Labute approximate surface area is 382 Å². The van der Waals surface area contributed by atoms with Crippen LogP contribution in [0.4, 0.5) is 0 Å². The molecule has 3 aromatic carbocycles. The van der Waals surface area contributed by atoms with Gasteiger partial charge in [0, 0.05) is 0 Å². The van der Waals surface area contributed by atoms with Crippen LogP contribution in [0.3, 0.4) is 0 Å². The molecule has 0 aliphatic heterocycles. The molecule has 0 aromatic heterocycles. The van der Waals surface area contributed by atoms with E-state index in [1.165, 1.54) is 39.8 Å². The molecule has 0 nitrogen and oxygen atoms in total. The minimum absolute atomic E-state index is 0. The molecule has 1 fully saturated rings. The quantitative estimate of drug-likeness (QED) is 0.277. The topological polar surface area (TPSA) is 0 Å². The van der Waals surface area contributed by atoms with Crippen molar-refractivity contribution in [2.75, 3.05) is 0 Å². The van der Waals surface area contributed by atoms with E-state index in [2.05, 4.69) is 225 Å². The first-order valence-electron chi connectivity index (χ1n) is 20.9. The molecule has 0 radical (unpaired) electrons. The summed E-state index contributed by atoms with van der Waals surface area (Å²) in [7, 11) is -3.05. The second-order valence-electron chi connectivity index (χ2n) is 23.6. The summed E-state index contributed by atoms with van der Waals surface area (Å²) in [5.41, 5.74) is 10.4. The molecular weight excluding hydrogens is 807 g/mol. The molecular formula is C52H75Cl3SiTi. The monoisotopic (exact) mass is 880 g/mol. The summed E-state index contributed by atoms with van der Waals surface area (Å²) in [6, 6.07) is 23.9. The van der Waals surface area contributed by atoms with Crippen LogP contribution < -0.4 is 52.8 Å². The molecule has 2 aliphatic carbocycles. The molecule has 3 aromatic rings. The van der Waals surface area contributed by atoms with Crippen molar-refractivity contribution in [3.05, 3.63) is 112 Å². The minimum Gasteiger partial charge on any atom is -1.00 e. The molecule has 3 atom stereocenters. The number of benzene rings is 3. The number of rotatable bonds is 4. The third-order valence-electron chi connectivity index (χ3n) is 13.0. The van der Waals surface area contributed by atoms with Crippen molar-refractivity contribution >= 4 is 23.6 Å². The van der Waals surface area contributed by atoms with Crippen molar-refractivity contribution < 1.29 is 57.7 Å². The first kappa shape index (κ1) is 52.1. The van der Waals surface area contributed by atoms with Crippen molar-refractivity contribution in [2.24, 2.45) is 11.8 Å². The van der Waals surface area contributed by atoms with Crippen LogP contribution in [0.2, 0.25) is 3.34 Å². The smallest absolute Gasteiger partial charge is 1.00 e. The maximum Gasteiger partial charge on any atom is -1.00 e. The fourth-order valence-corrected chi connectivity index (χ4v) is 18.0. The molecule has 0 bridgehead atoms. The Hall–Kier alpha value is -1.06. The third-order valence-corrected chi connectivity index (χ3v) is 21.4. The Kier molecular flexibility index (Phi) is 15.5. The molecule has 0 saturated heterocycles. The summed E-state index contributed by atoms with van der Waals surface area (Å²) in [5.74, 6) is 1.08. The molecule has 0 amide bonds. The van der Waals surface area contributed by atoms with Gasteiger partial charge in [0.15, 0.2) is 0 Å². The van der Waals surface area contributed by atoms with Gasteiger partial charge in [0.05, 0.1) is 0 Å². The van der Waals surface area contributed by atoms with Crippen LogP contribution in [0.5, 0.6) is 0 Å². The molecule has 3 unspecified atom stereocenters. The van der Waals surface area contributed by atoms with E-state index in [0.717, 1.165) is 6.42 Å². The average Bonchev–Trinajstić information content (AvgIpc) is 3.28. The normalized spacial score (nSPS) is 20.5. The summed E-state index contributed by atoms with van der Waals surface area (Å²) in [4.78, 5) is 0. The first-order valence-corrected chi connectivity index (χ1v) is 23.7. The zero-order chi connectivity index (χ0) is 40.8. The van der Waals surface area contributed by atoms with Crippen LogP contribution in [0, 0.1) is 11.8 Å². The largest absolute Gasteiger partial charge is 1.00 e. The van der Waals surface area contributed by atoms with E-state index in [1.807, 2.05) is 0 Å². The van der Waals surface area contributed by atoms with E-state index in [0.29, 0.717) is 11.8 Å². The summed E-state index contributed by atoms with van der Waals surface area (Å²) in [5, 5.41) is 4.76.